The third-order valence-electron chi connectivity index (χ3n) is 1.77. The Hall–Kier alpha value is -0.900. The number of aromatic nitrogens is 1. The van der Waals surface area contributed by atoms with Gasteiger partial charge in [-0.05, 0) is 41.4 Å². The van der Waals surface area contributed by atoms with E-state index in [1.807, 2.05) is 13.0 Å². The number of hydrogen-bond donors (Lipinski definition) is 0. The maximum absolute atomic E-state index is 11.2. The average Bonchev–Trinajstić information content (AvgIpc) is 2.10. The summed E-state index contributed by atoms with van der Waals surface area (Å²) in [6.07, 6.45) is 1.93. The summed E-state index contributed by atoms with van der Waals surface area (Å²) in [5.41, 5.74) is 1.76. The van der Waals surface area contributed by atoms with Crippen LogP contribution in [0.2, 0.25) is 0 Å². The summed E-state index contributed by atoms with van der Waals surface area (Å²) in [6.45, 7) is 4.13. The lowest BCUT2D eigenvalue weighted by Crippen LogP contribution is -2.09. The summed E-state index contributed by atoms with van der Waals surface area (Å²) in [5.74, 6) is -0.231. The van der Waals surface area contributed by atoms with Gasteiger partial charge in [-0.2, -0.15) is 0 Å². The molecule has 3 nitrogen and oxygen atoms in total. The van der Waals surface area contributed by atoms with Crippen molar-refractivity contribution >= 4 is 21.9 Å². The molecule has 0 unspecified atom stereocenters. The fourth-order valence-electron chi connectivity index (χ4n) is 1.10. The second-order valence-corrected chi connectivity index (χ2v) is 3.81. The van der Waals surface area contributed by atoms with Crippen molar-refractivity contribution in [2.24, 2.45) is 0 Å². The normalized spacial score (nSPS) is 9.93. The first kappa shape index (κ1) is 11.2. The van der Waals surface area contributed by atoms with Gasteiger partial charge in [-0.15, -0.1) is 0 Å². The van der Waals surface area contributed by atoms with Crippen molar-refractivity contribution in [1.82, 2.24) is 4.98 Å². The Bertz CT molecular complexity index is 339. The lowest BCUT2D eigenvalue weighted by molar-refractivity contribution is -0.142. The summed E-state index contributed by atoms with van der Waals surface area (Å²) in [6, 6.07) is 1.93. The van der Waals surface area contributed by atoms with Gasteiger partial charge in [0.1, 0.15) is 0 Å². The van der Waals surface area contributed by atoms with E-state index >= 15 is 0 Å². The molecule has 0 spiro atoms. The molecule has 0 aliphatic carbocycles. The molecule has 1 heterocycles. The van der Waals surface area contributed by atoms with Crippen LogP contribution in [-0.2, 0) is 16.0 Å². The Morgan fingerprint density at radius 3 is 2.93 bits per heavy atom. The van der Waals surface area contributed by atoms with Crippen LogP contribution in [0.4, 0.5) is 0 Å². The minimum absolute atomic E-state index is 0.231. The molecule has 0 saturated carbocycles. The first-order chi connectivity index (χ1) is 6.63. The molecule has 76 valence electrons. The Morgan fingerprint density at radius 1 is 1.64 bits per heavy atom. The van der Waals surface area contributed by atoms with Crippen molar-refractivity contribution in [3.05, 3.63) is 28.0 Å². The van der Waals surface area contributed by atoms with Crippen molar-refractivity contribution in [3.63, 3.8) is 0 Å². The SMILES string of the molecule is CCOC(=O)Cc1ncc(Br)cc1C. The minimum atomic E-state index is -0.231. The summed E-state index contributed by atoms with van der Waals surface area (Å²) in [4.78, 5) is 15.3. The molecule has 14 heavy (non-hydrogen) atoms. The van der Waals surface area contributed by atoms with Crippen molar-refractivity contribution in [2.45, 2.75) is 20.3 Å². The zero-order valence-corrected chi connectivity index (χ0v) is 9.80. The van der Waals surface area contributed by atoms with E-state index in [4.69, 9.17) is 4.74 Å². The maximum atomic E-state index is 11.2. The number of esters is 1. The van der Waals surface area contributed by atoms with Crippen LogP contribution in [0.15, 0.2) is 16.7 Å². The second kappa shape index (κ2) is 5.10. The van der Waals surface area contributed by atoms with E-state index in [0.717, 1.165) is 15.7 Å². The van der Waals surface area contributed by atoms with Gasteiger partial charge in [0.05, 0.1) is 18.7 Å². The predicted molar refractivity (Wildman–Crippen MR) is 57.0 cm³/mol. The molecule has 1 aromatic heterocycles. The number of nitrogens with zero attached hydrogens (tertiary/aromatic N) is 1. The third-order valence-corrected chi connectivity index (χ3v) is 2.20. The van der Waals surface area contributed by atoms with Gasteiger partial charge in [0.2, 0.25) is 0 Å². The van der Waals surface area contributed by atoms with Gasteiger partial charge >= 0.3 is 5.97 Å². The predicted octanol–water partition coefficient (Wildman–Crippen LogP) is 2.26. The third kappa shape index (κ3) is 3.10. The Labute approximate surface area is 91.6 Å². The number of ether oxygens (including phenoxy) is 1. The number of halogens is 1. The highest BCUT2D eigenvalue weighted by atomic mass is 79.9. The van der Waals surface area contributed by atoms with E-state index in [-0.39, 0.29) is 12.4 Å². The van der Waals surface area contributed by atoms with Crippen LogP contribution >= 0.6 is 15.9 Å². The van der Waals surface area contributed by atoms with Crippen molar-refractivity contribution in [2.75, 3.05) is 6.61 Å². The summed E-state index contributed by atoms with van der Waals surface area (Å²) in [7, 11) is 0. The van der Waals surface area contributed by atoms with Crippen LogP contribution in [0.25, 0.3) is 0 Å². The molecule has 1 aromatic rings. The van der Waals surface area contributed by atoms with E-state index in [2.05, 4.69) is 20.9 Å². The molecule has 0 saturated heterocycles. The van der Waals surface area contributed by atoms with Gasteiger partial charge in [0.25, 0.3) is 0 Å². The Balaban J connectivity index is 2.72. The van der Waals surface area contributed by atoms with E-state index in [1.165, 1.54) is 0 Å². The second-order valence-electron chi connectivity index (χ2n) is 2.90. The van der Waals surface area contributed by atoms with Crippen molar-refractivity contribution in [3.8, 4) is 0 Å². The largest absolute Gasteiger partial charge is 0.466 e. The lowest BCUT2D eigenvalue weighted by Gasteiger charge is -2.04. The first-order valence-corrected chi connectivity index (χ1v) is 5.19. The van der Waals surface area contributed by atoms with Crippen LogP contribution in [-0.4, -0.2) is 17.6 Å². The molecule has 0 bridgehead atoms. The van der Waals surface area contributed by atoms with Gasteiger partial charge in [-0.1, -0.05) is 0 Å². The topological polar surface area (TPSA) is 39.2 Å². The van der Waals surface area contributed by atoms with Gasteiger partial charge in [0, 0.05) is 10.7 Å². The van der Waals surface area contributed by atoms with Crippen LogP contribution in [0, 0.1) is 6.92 Å². The van der Waals surface area contributed by atoms with Crippen molar-refractivity contribution < 1.29 is 9.53 Å². The molecule has 0 atom stereocenters. The zero-order valence-electron chi connectivity index (χ0n) is 8.21. The number of carbonyl (C=O) groups excluding carboxylic acids is 1. The molecule has 0 aromatic carbocycles. The Morgan fingerprint density at radius 2 is 2.36 bits per heavy atom. The van der Waals surface area contributed by atoms with E-state index in [1.54, 1.807) is 13.1 Å². The van der Waals surface area contributed by atoms with Crippen LogP contribution in [0.5, 0.6) is 0 Å². The molecular weight excluding hydrogens is 246 g/mol. The minimum Gasteiger partial charge on any atom is -0.466 e. The molecule has 0 amide bonds. The number of aryl methyl sites for hydroxylation is 1. The fourth-order valence-corrected chi connectivity index (χ4v) is 1.55. The average molecular weight is 258 g/mol. The smallest absolute Gasteiger partial charge is 0.311 e. The highest BCUT2D eigenvalue weighted by molar-refractivity contribution is 9.10. The van der Waals surface area contributed by atoms with E-state index in [9.17, 15) is 4.79 Å². The summed E-state index contributed by atoms with van der Waals surface area (Å²) < 4.78 is 5.76. The number of carbonyl (C=O) groups is 1. The van der Waals surface area contributed by atoms with Gasteiger partial charge in [0.15, 0.2) is 0 Å². The van der Waals surface area contributed by atoms with E-state index in [0.29, 0.717) is 6.61 Å². The molecule has 0 fully saturated rings. The standard InChI is InChI=1S/C10H12BrNO2/c1-3-14-10(13)5-9-7(2)4-8(11)6-12-9/h4,6H,3,5H2,1-2H3. The van der Waals surface area contributed by atoms with Crippen molar-refractivity contribution in [1.29, 1.82) is 0 Å². The van der Waals surface area contributed by atoms with Crippen LogP contribution in [0.1, 0.15) is 18.2 Å². The summed E-state index contributed by atoms with van der Waals surface area (Å²) >= 11 is 3.31. The van der Waals surface area contributed by atoms with Crippen LogP contribution in [0.3, 0.4) is 0 Å². The molecule has 0 aliphatic heterocycles. The van der Waals surface area contributed by atoms with Gasteiger partial charge < -0.3 is 4.74 Å². The fraction of sp³-hybridized carbons (Fsp3) is 0.400. The lowest BCUT2D eigenvalue weighted by atomic mass is 10.2. The summed E-state index contributed by atoms with van der Waals surface area (Å²) in [5, 5.41) is 0. The number of rotatable bonds is 3. The number of hydrogen-bond acceptors (Lipinski definition) is 3. The van der Waals surface area contributed by atoms with Gasteiger partial charge in [-0.3, -0.25) is 9.78 Å². The monoisotopic (exact) mass is 257 g/mol. The van der Waals surface area contributed by atoms with E-state index < -0.39 is 0 Å². The quantitative estimate of drug-likeness (QED) is 0.780. The van der Waals surface area contributed by atoms with Gasteiger partial charge in [-0.25, -0.2) is 0 Å². The molecule has 0 N–H and O–H groups in total. The maximum Gasteiger partial charge on any atom is 0.311 e. The molecule has 0 radical (unpaired) electrons. The molecular formula is C10H12BrNO2. The Kier molecular flexibility index (Phi) is 4.07. The first-order valence-electron chi connectivity index (χ1n) is 4.40. The number of pyridine rings is 1. The molecule has 1 rings (SSSR count). The molecule has 4 heteroatoms. The highest BCUT2D eigenvalue weighted by Gasteiger charge is 2.07. The molecule has 0 aliphatic rings. The van der Waals surface area contributed by atoms with Crippen LogP contribution < -0.4 is 0 Å². The highest BCUT2D eigenvalue weighted by Crippen LogP contribution is 2.13. The zero-order chi connectivity index (χ0) is 10.6.